The first-order chi connectivity index (χ1) is 14.6. The molecule has 0 unspecified atom stereocenters. The van der Waals surface area contributed by atoms with Crippen molar-refractivity contribution in [3.8, 4) is 11.5 Å². The highest BCUT2D eigenvalue weighted by molar-refractivity contribution is 5.94. The Hall–Kier alpha value is -3.23. The van der Waals surface area contributed by atoms with Gasteiger partial charge in [0.15, 0.2) is 17.3 Å². The molecule has 2 aliphatic rings. The van der Waals surface area contributed by atoms with Gasteiger partial charge >= 0.3 is 0 Å². The highest BCUT2D eigenvalue weighted by Crippen LogP contribution is 2.41. The number of ether oxygens (including phenoxy) is 1. The minimum Gasteiger partial charge on any atom is -0.504 e. The van der Waals surface area contributed by atoms with Gasteiger partial charge in [-0.05, 0) is 31.2 Å². The molecule has 154 valence electrons. The molecule has 2 aromatic heterocycles. The zero-order valence-corrected chi connectivity index (χ0v) is 16.9. The van der Waals surface area contributed by atoms with E-state index in [9.17, 15) is 5.11 Å². The smallest absolute Gasteiger partial charge is 0.183 e. The van der Waals surface area contributed by atoms with Gasteiger partial charge in [0.1, 0.15) is 17.0 Å². The molecule has 1 saturated heterocycles. The van der Waals surface area contributed by atoms with Crippen LogP contribution < -0.4 is 10.1 Å². The molecule has 4 heterocycles. The molecule has 3 aromatic rings. The van der Waals surface area contributed by atoms with Crippen molar-refractivity contribution in [1.29, 1.82) is 0 Å². The summed E-state index contributed by atoms with van der Waals surface area (Å²) in [5.74, 6) is 1.74. The molecule has 2 aliphatic heterocycles. The van der Waals surface area contributed by atoms with Crippen molar-refractivity contribution < 1.29 is 14.3 Å². The van der Waals surface area contributed by atoms with Crippen LogP contribution >= 0.6 is 0 Å². The number of hydrogen-bond acceptors (Lipinski definition) is 8. The molecule has 8 heteroatoms. The van der Waals surface area contributed by atoms with E-state index < -0.39 is 0 Å². The molecule has 1 atom stereocenters. The van der Waals surface area contributed by atoms with Crippen molar-refractivity contribution in [3.63, 3.8) is 0 Å². The van der Waals surface area contributed by atoms with Crippen LogP contribution in [0.1, 0.15) is 23.8 Å². The lowest BCUT2D eigenvalue weighted by Gasteiger charge is -2.32. The fourth-order valence-electron chi connectivity index (χ4n) is 4.08. The highest BCUT2D eigenvalue weighted by atomic mass is 16.5. The zero-order valence-electron chi connectivity index (χ0n) is 16.9. The number of azo groups is 1. The molecule has 8 nitrogen and oxygen atoms in total. The van der Waals surface area contributed by atoms with Crippen molar-refractivity contribution in [2.75, 3.05) is 26.7 Å². The quantitative estimate of drug-likeness (QED) is 0.683. The molecule has 1 aromatic carbocycles. The fraction of sp³-hybridized carbons (Fsp3) is 0.318. The molecular weight excluding hydrogens is 382 g/mol. The topological polar surface area (TPSA) is 95.5 Å². The number of nitrogens with zero attached hydrogens (tertiary/aromatic N) is 4. The van der Waals surface area contributed by atoms with Gasteiger partial charge in [-0.3, -0.25) is 4.90 Å². The summed E-state index contributed by atoms with van der Waals surface area (Å²) in [6.07, 6.45) is 3.38. The van der Waals surface area contributed by atoms with Crippen LogP contribution in [-0.2, 0) is 6.54 Å². The van der Waals surface area contributed by atoms with Gasteiger partial charge in [0.2, 0.25) is 0 Å². The van der Waals surface area contributed by atoms with Crippen molar-refractivity contribution in [2.24, 2.45) is 10.2 Å². The molecule has 2 N–H and O–H groups in total. The van der Waals surface area contributed by atoms with Crippen LogP contribution in [-0.4, -0.2) is 47.8 Å². The van der Waals surface area contributed by atoms with Crippen LogP contribution in [0.25, 0.3) is 22.7 Å². The van der Waals surface area contributed by atoms with Gasteiger partial charge < -0.3 is 19.6 Å². The number of fused-ring (bicyclic) bond motifs is 2. The normalized spacial score (nSPS) is 20.2. The van der Waals surface area contributed by atoms with E-state index in [1.54, 1.807) is 19.4 Å². The van der Waals surface area contributed by atoms with Crippen LogP contribution in [0.4, 0.5) is 5.82 Å². The van der Waals surface area contributed by atoms with Gasteiger partial charge in [0, 0.05) is 50.1 Å². The number of hydrogen-bond donors (Lipinski definition) is 2. The first-order valence-electron chi connectivity index (χ1n) is 10.00. The number of pyridine rings is 1. The Morgan fingerprint density at radius 1 is 1.33 bits per heavy atom. The van der Waals surface area contributed by atoms with E-state index in [-0.39, 0.29) is 5.75 Å². The third kappa shape index (κ3) is 3.24. The fourth-order valence-corrected chi connectivity index (χ4v) is 4.08. The van der Waals surface area contributed by atoms with E-state index in [1.165, 1.54) is 0 Å². The lowest BCUT2D eigenvalue weighted by molar-refractivity contribution is 0.197. The van der Waals surface area contributed by atoms with E-state index in [2.05, 4.69) is 32.4 Å². The third-order valence-electron chi connectivity index (χ3n) is 5.56. The van der Waals surface area contributed by atoms with Gasteiger partial charge in [-0.1, -0.05) is 0 Å². The van der Waals surface area contributed by atoms with Crippen LogP contribution in [0.3, 0.4) is 0 Å². The average molecular weight is 405 g/mol. The summed E-state index contributed by atoms with van der Waals surface area (Å²) in [5, 5.41) is 23.2. The first kappa shape index (κ1) is 18.8. The van der Waals surface area contributed by atoms with E-state index in [0.29, 0.717) is 40.8 Å². The Kier molecular flexibility index (Phi) is 4.72. The van der Waals surface area contributed by atoms with Gasteiger partial charge in [-0.15, -0.1) is 10.2 Å². The summed E-state index contributed by atoms with van der Waals surface area (Å²) in [6.45, 7) is 5.68. The second-order valence-corrected chi connectivity index (χ2v) is 7.63. The summed E-state index contributed by atoms with van der Waals surface area (Å²) in [6, 6.07) is 7.86. The number of rotatable bonds is 4. The lowest BCUT2D eigenvalue weighted by atomic mass is 10.1. The van der Waals surface area contributed by atoms with Crippen molar-refractivity contribution in [2.45, 2.75) is 19.5 Å². The molecule has 0 amide bonds. The molecule has 30 heavy (non-hydrogen) atoms. The summed E-state index contributed by atoms with van der Waals surface area (Å²) in [5.41, 5.74) is 2.98. The highest BCUT2D eigenvalue weighted by Gasteiger charge is 2.24. The first-order valence-corrected chi connectivity index (χ1v) is 10.00. The van der Waals surface area contributed by atoms with Crippen molar-refractivity contribution >= 4 is 28.6 Å². The Labute approximate surface area is 173 Å². The Balaban J connectivity index is 1.57. The minimum atomic E-state index is 0.0858. The lowest BCUT2D eigenvalue weighted by Crippen LogP contribution is -2.48. The van der Waals surface area contributed by atoms with E-state index in [1.807, 2.05) is 24.3 Å². The maximum atomic E-state index is 10.8. The molecule has 1 fully saturated rings. The van der Waals surface area contributed by atoms with Gasteiger partial charge in [-0.25, -0.2) is 4.98 Å². The van der Waals surface area contributed by atoms with E-state index in [4.69, 9.17) is 9.15 Å². The van der Waals surface area contributed by atoms with Crippen molar-refractivity contribution in [3.05, 3.63) is 47.3 Å². The van der Waals surface area contributed by atoms with Crippen LogP contribution in [0, 0.1) is 0 Å². The molecule has 5 rings (SSSR count). The molecule has 0 bridgehead atoms. The number of methoxy groups -OCH3 is 1. The SMILES string of the molecule is COc1ccc2c(O)c(C=C3N=Nc4ncccc43)oc2c1CN1CCN[C@H](C)C1. The van der Waals surface area contributed by atoms with Crippen LogP contribution in [0.2, 0.25) is 0 Å². The van der Waals surface area contributed by atoms with E-state index in [0.717, 1.165) is 36.5 Å². The summed E-state index contributed by atoms with van der Waals surface area (Å²) in [4.78, 5) is 6.57. The predicted molar refractivity (Wildman–Crippen MR) is 114 cm³/mol. The number of benzene rings is 1. The maximum absolute atomic E-state index is 10.8. The minimum absolute atomic E-state index is 0.0858. The average Bonchev–Trinajstić information content (AvgIpc) is 3.30. The van der Waals surface area contributed by atoms with Gasteiger partial charge in [0.25, 0.3) is 0 Å². The zero-order chi connectivity index (χ0) is 20.7. The summed E-state index contributed by atoms with van der Waals surface area (Å²) < 4.78 is 11.8. The molecule has 0 radical (unpaired) electrons. The number of aromatic nitrogens is 1. The van der Waals surface area contributed by atoms with Crippen LogP contribution in [0.15, 0.2) is 45.1 Å². The number of furan rings is 1. The Bertz CT molecular complexity index is 1170. The molecule has 0 saturated carbocycles. The van der Waals surface area contributed by atoms with E-state index >= 15 is 0 Å². The maximum Gasteiger partial charge on any atom is 0.183 e. The summed E-state index contributed by atoms with van der Waals surface area (Å²) >= 11 is 0. The number of nitrogens with one attached hydrogen (secondary N) is 1. The molecular formula is C22H23N5O3. The second-order valence-electron chi connectivity index (χ2n) is 7.63. The Morgan fingerprint density at radius 3 is 3.07 bits per heavy atom. The van der Waals surface area contributed by atoms with Gasteiger partial charge in [0.05, 0.1) is 18.1 Å². The monoisotopic (exact) mass is 405 g/mol. The van der Waals surface area contributed by atoms with Crippen molar-refractivity contribution in [1.82, 2.24) is 15.2 Å². The number of piperazine rings is 1. The summed E-state index contributed by atoms with van der Waals surface area (Å²) in [7, 11) is 1.65. The van der Waals surface area contributed by atoms with Gasteiger partial charge in [-0.2, -0.15) is 0 Å². The Morgan fingerprint density at radius 2 is 2.23 bits per heavy atom. The number of aromatic hydroxyl groups is 1. The second kappa shape index (κ2) is 7.55. The third-order valence-corrected chi connectivity index (χ3v) is 5.56. The van der Waals surface area contributed by atoms with Crippen LogP contribution in [0.5, 0.6) is 11.5 Å². The standard InChI is InChI=1S/C22H23N5O3/c1-13-11-27(9-8-23-13)12-16-18(29-2)6-5-15-20(28)19(30-21(15)16)10-17-14-4-3-7-24-22(14)26-25-17/h3-7,10,13,23,28H,8-9,11-12H2,1-2H3/t13-/m1/s1. The molecule has 0 aliphatic carbocycles. The predicted octanol–water partition coefficient (Wildman–Crippen LogP) is 3.93. The molecule has 0 spiro atoms. The largest absolute Gasteiger partial charge is 0.504 e.